The number of hydrogen-bond donors (Lipinski definition) is 2. The maximum atomic E-state index is 11.9. The number of carbonyl (C=O) groups is 1. The summed E-state index contributed by atoms with van der Waals surface area (Å²) in [5.41, 5.74) is 1.29. The predicted molar refractivity (Wildman–Crippen MR) is 95.1 cm³/mol. The highest BCUT2D eigenvalue weighted by molar-refractivity contribution is 5.93. The minimum absolute atomic E-state index is 0.135. The zero-order chi connectivity index (χ0) is 17.4. The fraction of sp³-hybridized carbons (Fsp3) is 0.444. The van der Waals surface area contributed by atoms with E-state index in [0.717, 1.165) is 24.5 Å². The monoisotopic (exact) mass is 330 g/mol. The van der Waals surface area contributed by atoms with Crippen LogP contribution in [-0.4, -0.2) is 42.0 Å². The zero-order valence-corrected chi connectivity index (χ0v) is 14.6. The van der Waals surface area contributed by atoms with Crippen molar-refractivity contribution in [1.82, 2.24) is 15.2 Å². The van der Waals surface area contributed by atoms with E-state index in [1.54, 1.807) is 18.5 Å². The van der Waals surface area contributed by atoms with Crippen LogP contribution in [0, 0.1) is 0 Å². The van der Waals surface area contributed by atoms with Gasteiger partial charge in [0.2, 0.25) is 0 Å². The number of nitrogens with zero attached hydrogens (tertiary/aromatic N) is 2. The van der Waals surface area contributed by atoms with Gasteiger partial charge in [-0.15, -0.1) is 0 Å². The Kier molecular flexibility index (Phi) is 6.81. The number of carbonyl (C=O) groups excluding carboxylic acids is 1. The minimum Gasteiger partial charge on any atom is -0.468 e. The Morgan fingerprint density at radius 2 is 2.08 bits per heavy atom. The fourth-order valence-electron chi connectivity index (χ4n) is 2.69. The van der Waals surface area contributed by atoms with Gasteiger partial charge >= 0.3 is 0 Å². The smallest absolute Gasteiger partial charge is 0.269 e. The fourth-order valence-corrected chi connectivity index (χ4v) is 2.69. The van der Waals surface area contributed by atoms with Crippen LogP contribution in [0.1, 0.15) is 43.1 Å². The van der Waals surface area contributed by atoms with Crippen LogP contribution < -0.4 is 10.6 Å². The lowest BCUT2D eigenvalue weighted by Gasteiger charge is -2.28. The van der Waals surface area contributed by atoms with E-state index in [9.17, 15) is 4.79 Å². The van der Waals surface area contributed by atoms with Crippen molar-refractivity contribution in [2.75, 3.05) is 31.5 Å². The van der Waals surface area contributed by atoms with Crippen LogP contribution >= 0.6 is 0 Å². The van der Waals surface area contributed by atoms with Crippen LogP contribution in [0.25, 0.3) is 0 Å². The predicted octanol–water partition coefficient (Wildman–Crippen LogP) is 2.92. The lowest BCUT2D eigenvalue weighted by molar-refractivity contribution is 0.0951. The quantitative estimate of drug-likeness (QED) is 0.740. The van der Waals surface area contributed by atoms with E-state index in [-0.39, 0.29) is 11.9 Å². The van der Waals surface area contributed by atoms with Crippen molar-refractivity contribution < 1.29 is 9.21 Å². The first-order chi connectivity index (χ1) is 11.7. The molecule has 0 radical (unpaired) electrons. The van der Waals surface area contributed by atoms with E-state index in [4.69, 9.17) is 4.42 Å². The first-order valence-electron chi connectivity index (χ1n) is 8.45. The average molecular weight is 330 g/mol. The summed E-state index contributed by atoms with van der Waals surface area (Å²) in [5, 5.41) is 6.16. The number of anilines is 1. The molecule has 6 heteroatoms. The average Bonchev–Trinajstić information content (AvgIpc) is 3.13. The van der Waals surface area contributed by atoms with Gasteiger partial charge in [-0.05, 0) is 44.3 Å². The minimum atomic E-state index is -0.160. The molecule has 2 heterocycles. The highest BCUT2D eigenvalue weighted by Crippen LogP contribution is 2.22. The van der Waals surface area contributed by atoms with Crippen LogP contribution in [0.3, 0.4) is 0 Å². The molecule has 24 heavy (non-hydrogen) atoms. The van der Waals surface area contributed by atoms with Crippen molar-refractivity contribution in [3.8, 4) is 0 Å². The van der Waals surface area contributed by atoms with Gasteiger partial charge < -0.3 is 15.1 Å². The number of hydrogen-bond acceptors (Lipinski definition) is 5. The zero-order valence-electron chi connectivity index (χ0n) is 14.6. The van der Waals surface area contributed by atoms with Gasteiger partial charge in [-0.25, -0.2) is 0 Å². The summed E-state index contributed by atoms with van der Waals surface area (Å²) in [7, 11) is 0. The van der Waals surface area contributed by atoms with Gasteiger partial charge in [0.25, 0.3) is 5.91 Å². The maximum absolute atomic E-state index is 11.9. The van der Waals surface area contributed by atoms with Gasteiger partial charge in [0.15, 0.2) is 0 Å². The molecule has 1 amide bonds. The summed E-state index contributed by atoms with van der Waals surface area (Å²) in [6.07, 6.45) is 3.34. The molecule has 2 rings (SSSR count). The van der Waals surface area contributed by atoms with Gasteiger partial charge in [-0.3, -0.25) is 14.7 Å². The number of aromatic nitrogens is 1. The SMILES string of the molecule is CCNC(=O)c1cc(NCC(c2ccco2)N(CC)CC)ccn1. The van der Waals surface area contributed by atoms with E-state index in [2.05, 4.69) is 34.4 Å². The maximum Gasteiger partial charge on any atom is 0.269 e. The Morgan fingerprint density at radius 1 is 1.29 bits per heavy atom. The van der Waals surface area contributed by atoms with Crippen molar-refractivity contribution in [3.05, 3.63) is 48.2 Å². The topological polar surface area (TPSA) is 70.4 Å². The molecule has 0 spiro atoms. The van der Waals surface area contributed by atoms with Gasteiger partial charge in [-0.2, -0.15) is 0 Å². The van der Waals surface area contributed by atoms with Gasteiger partial charge in [0.1, 0.15) is 11.5 Å². The highest BCUT2D eigenvalue weighted by atomic mass is 16.3. The molecule has 130 valence electrons. The van der Waals surface area contributed by atoms with Crippen molar-refractivity contribution >= 4 is 11.6 Å². The number of nitrogens with one attached hydrogen (secondary N) is 2. The van der Waals surface area contributed by atoms with Crippen molar-refractivity contribution in [2.24, 2.45) is 0 Å². The number of amides is 1. The molecule has 2 aromatic rings. The molecule has 0 aliphatic carbocycles. The van der Waals surface area contributed by atoms with Crippen molar-refractivity contribution in [3.63, 3.8) is 0 Å². The number of pyridine rings is 1. The molecule has 6 nitrogen and oxygen atoms in total. The number of rotatable bonds is 9. The summed E-state index contributed by atoms with van der Waals surface area (Å²) >= 11 is 0. The number of furan rings is 1. The normalized spacial score (nSPS) is 12.2. The Morgan fingerprint density at radius 3 is 2.71 bits per heavy atom. The summed E-state index contributed by atoms with van der Waals surface area (Å²) < 4.78 is 5.60. The highest BCUT2D eigenvalue weighted by Gasteiger charge is 2.20. The van der Waals surface area contributed by atoms with E-state index in [0.29, 0.717) is 18.8 Å². The van der Waals surface area contributed by atoms with E-state index in [1.807, 2.05) is 25.1 Å². The third-order valence-corrected chi connectivity index (χ3v) is 3.95. The molecule has 2 aromatic heterocycles. The van der Waals surface area contributed by atoms with Gasteiger partial charge in [0.05, 0.1) is 12.3 Å². The molecule has 0 saturated heterocycles. The first kappa shape index (κ1) is 18.0. The third-order valence-electron chi connectivity index (χ3n) is 3.95. The lowest BCUT2D eigenvalue weighted by Crippen LogP contribution is -2.33. The van der Waals surface area contributed by atoms with E-state index >= 15 is 0 Å². The first-order valence-corrected chi connectivity index (χ1v) is 8.45. The van der Waals surface area contributed by atoms with Gasteiger partial charge in [-0.1, -0.05) is 13.8 Å². The number of likely N-dealkylation sites (N-methyl/N-ethyl adjacent to an activating group) is 1. The third kappa shape index (κ3) is 4.58. The Labute approximate surface area is 143 Å². The summed E-state index contributed by atoms with van der Waals surface area (Å²) in [6.45, 7) is 9.30. The summed E-state index contributed by atoms with van der Waals surface area (Å²) in [4.78, 5) is 18.4. The molecular weight excluding hydrogens is 304 g/mol. The van der Waals surface area contributed by atoms with Crippen LogP contribution in [0.2, 0.25) is 0 Å². The standard InChI is InChI=1S/C18H26N4O2/c1-4-19-18(23)15-12-14(9-10-20-15)21-13-16(22(5-2)6-3)17-8-7-11-24-17/h7-12,16H,4-6,13H2,1-3H3,(H,19,23)(H,20,21). The second kappa shape index (κ2) is 9.08. The molecule has 0 saturated carbocycles. The van der Waals surface area contributed by atoms with E-state index < -0.39 is 0 Å². The molecule has 0 fully saturated rings. The lowest BCUT2D eigenvalue weighted by atomic mass is 10.1. The van der Waals surface area contributed by atoms with Crippen LogP contribution in [0.4, 0.5) is 5.69 Å². The van der Waals surface area contributed by atoms with Crippen LogP contribution in [-0.2, 0) is 0 Å². The molecule has 2 N–H and O–H groups in total. The van der Waals surface area contributed by atoms with E-state index in [1.165, 1.54) is 0 Å². The molecule has 0 bridgehead atoms. The molecule has 0 aromatic carbocycles. The summed E-state index contributed by atoms with van der Waals surface area (Å²) in [6, 6.07) is 7.68. The van der Waals surface area contributed by atoms with Crippen molar-refractivity contribution in [1.29, 1.82) is 0 Å². The molecule has 0 aliphatic rings. The Bertz CT molecular complexity index is 624. The van der Waals surface area contributed by atoms with Crippen molar-refractivity contribution in [2.45, 2.75) is 26.8 Å². The molecule has 1 unspecified atom stereocenters. The summed E-state index contributed by atoms with van der Waals surface area (Å²) in [5.74, 6) is 0.775. The van der Waals surface area contributed by atoms with Crippen LogP contribution in [0.15, 0.2) is 41.1 Å². The van der Waals surface area contributed by atoms with Gasteiger partial charge in [0, 0.05) is 25.0 Å². The Balaban J connectivity index is 2.09. The van der Waals surface area contributed by atoms with Crippen LogP contribution in [0.5, 0.6) is 0 Å². The molecular formula is C18H26N4O2. The second-order valence-electron chi connectivity index (χ2n) is 5.42. The Hall–Kier alpha value is -2.34. The molecule has 1 atom stereocenters. The molecule has 0 aliphatic heterocycles. The second-order valence-corrected chi connectivity index (χ2v) is 5.42. The largest absolute Gasteiger partial charge is 0.468 e.